The maximum Gasteiger partial charge on any atom is 0.272 e. The molecular formula is C20H31N5O3. The summed E-state index contributed by atoms with van der Waals surface area (Å²) in [7, 11) is 1.64. The fourth-order valence-corrected chi connectivity index (χ4v) is 3.83. The van der Waals surface area contributed by atoms with Crippen molar-refractivity contribution in [2.75, 3.05) is 7.05 Å². The van der Waals surface area contributed by atoms with E-state index in [4.69, 9.17) is 0 Å². The van der Waals surface area contributed by atoms with Crippen molar-refractivity contribution in [1.82, 2.24) is 25.3 Å². The Morgan fingerprint density at radius 3 is 2.64 bits per heavy atom. The Kier molecular flexibility index (Phi) is 5.76. The van der Waals surface area contributed by atoms with Crippen LogP contribution in [0.1, 0.15) is 80.3 Å². The molecule has 1 aromatic heterocycles. The minimum absolute atomic E-state index is 0.0242. The van der Waals surface area contributed by atoms with Gasteiger partial charge in [-0.05, 0) is 33.1 Å². The normalized spacial score (nSPS) is 23.9. The summed E-state index contributed by atoms with van der Waals surface area (Å²) in [5, 5.41) is 10.3. The van der Waals surface area contributed by atoms with Crippen LogP contribution in [0.5, 0.6) is 0 Å². The molecule has 8 heteroatoms. The standard InChI is InChI=1S/C20H31N5O3/c1-5-13(2)21-17(26)15-11-16-18(27)24(4)20(3,12-25(16)23-15)19(28)22-14-9-7-6-8-10-14/h11,13-14H,5-10,12H2,1-4H3,(H,21,26)(H,22,28)/t13-,20-/m1/s1. The van der Waals surface area contributed by atoms with Crippen molar-refractivity contribution in [3.8, 4) is 0 Å². The largest absolute Gasteiger partial charge is 0.351 e. The van der Waals surface area contributed by atoms with Crippen molar-refractivity contribution >= 4 is 17.7 Å². The Hall–Kier alpha value is -2.38. The first-order chi connectivity index (χ1) is 13.3. The van der Waals surface area contributed by atoms with Crippen LogP contribution in [0.15, 0.2) is 6.07 Å². The number of amides is 3. The Labute approximate surface area is 166 Å². The molecule has 3 rings (SSSR count). The van der Waals surface area contributed by atoms with Crippen molar-refractivity contribution < 1.29 is 14.4 Å². The van der Waals surface area contributed by atoms with Gasteiger partial charge in [-0.3, -0.25) is 19.1 Å². The highest BCUT2D eigenvalue weighted by Gasteiger charge is 2.46. The van der Waals surface area contributed by atoms with E-state index in [0.717, 1.165) is 32.1 Å². The summed E-state index contributed by atoms with van der Waals surface area (Å²) in [6.07, 6.45) is 6.21. The summed E-state index contributed by atoms with van der Waals surface area (Å²) in [5.41, 5.74) is -0.508. The van der Waals surface area contributed by atoms with Gasteiger partial charge in [-0.15, -0.1) is 0 Å². The van der Waals surface area contributed by atoms with Crippen LogP contribution < -0.4 is 10.6 Å². The number of hydrogen-bond acceptors (Lipinski definition) is 4. The lowest BCUT2D eigenvalue weighted by atomic mass is 9.92. The molecule has 0 radical (unpaired) electrons. The first kappa shape index (κ1) is 20.4. The zero-order chi connectivity index (χ0) is 20.5. The van der Waals surface area contributed by atoms with E-state index in [1.54, 1.807) is 14.0 Å². The monoisotopic (exact) mass is 389 g/mol. The van der Waals surface area contributed by atoms with Crippen molar-refractivity contribution in [1.29, 1.82) is 0 Å². The maximum absolute atomic E-state index is 13.1. The van der Waals surface area contributed by atoms with Gasteiger partial charge in [0.25, 0.3) is 11.8 Å². The van der Waals surface area contributed by atoms with E-state index in [1.807, 2.05) is 13.8 Å². The molecule has 1 aliphatic carbocycles. The molecule has 0 unspecified atom stereocenters. The fraction of sp³-hybridized carbons (Fsp3) is 0.700. The molecule has 0 aromatic carbocycles. The number of carbonyl (C=O) groups excluding carboxylic acids is 3. The Morgan fingerprint density at radius 1 is 1.32 bits per heavy atom. The number of fused-ring (bicyclic) bond motifs is 1. The van der Waals surface area contributed by atoms with E-state index in [1.165, 1.54) is 22.1 Å². The molecule has 0 saturated heterocycles. The zero-order valence-corrected chi connectivity index (χ0v) is 17.2. The van der Waals surface area contributed by atoms with Gasteiger partial charge in [-0.1, -0.05) is 26.2 Å². The van der Waals surface area contributed by atoms with Crippen LogP contribution in [0.2, 0.25) is 0 Å². The Bertz CT molecular complexity index is 768. The summed E-state index contributed by atoms with van der Waals surface area (Å²) in [6.45, 7) is 5.88. The molecule has 0 bridgehead atoms. The highest BCUT2D eigenvalue weighted by Crippen LogP contribution is 2.27. The third kappa shape index (κ3) is 3.77. The predicted octanol–water partition coefficient (Wildman–Crippen LogP) is 1.70. The van der Waals surface area contributed by atoms with E-state index < -0.39 is 5.54 Å². The number of nitrogens with one attached hydrogen (secondary N) is 2. The molecule has 154 valence electrons. The van der Waals surface area contributed by atoms with Crippen molar-refractivity contribution in [3.63, 3.8) is 0 Å². The molecule has 2 aliphatic rings. The summed E-state index contributed by atoms with van der Waals surface area (Å²) in [6, 6.07) is 1.70. The number of rotatable bonds is 5. The smallest absolute Gasteiger partial charge is 0.272 e. The van der Waals surface area contributed by atoms with Crippen LogP contribution in [0.3, 0.4) is 0 Å². The Balaban J connectivity index is 1.80. The van der Waals surface area contributed by atoms with Crippen molar-refractivity contribution in [2.45, 2.75) is 83.5 Å². The molecule has 0 spiro atoms. The molecule has 2 heterocycles. The quantitative estimate of drug-likeness (QED) is 0.801. The number of hydrogen-bond donors (Lipinski definition) is 2. The molecule has 28 heavy (non-hydrogen) atoms. The third-order valence-electron chi connectivity index (χ3n) is 6.15. The van der Waals surface area contributed by atoms with Crippen LogP contribution >= 0.6 is 0 Å². The number of likely N-dealkylation sites (N-methyl/N-ethyl adjacent to an activating group) is 1. The second kappa shape index (κ2) is 7.93. The summed E-state index contributed by atoms with van der Waals surface area (Å²) in [5.74, 6) is -0.773. The van der Waals surface area contributed by atoms with Crippen LogP contribution in [-0.2, 0) is 11.3 Å². The van der Waals surface area contributed by atoms with Gasteiger partial charge in [0.1, 0.15) is 11.2 Å². The summed E-state index contributed by atoms with van der Waals surface area (Å²) >= 11 is 0. The zero-order valence-electron chi connectivity index (χ0n) is 17.2. The SMILES string of the molecule is CC[C@@H](C)NC(=O)c1cc2n(n1)C[C@](C)(C(=O)NC1CCCCC1)N(C)C2=O. The average Bonchev–Trinajstić information content (AvgIpc) is 3.10. The summed E-state index contributed by atoms with van der Waals surface area (Å²) < 4.78 is 1.49. The van der Waals surface area contributed by atoms with E-state index in [-0.39, 0.29) is 42.0 Å². The topological polar surface area (TPSA) is 96.3 Å². The first-order valence-electron chi connectivity index (χ1n) is 10.2. The fourth-order valence-electron chi connectivity index (χ4n) is 3.83. The predicted molar refractivity (Wildman–Crippen MR) is 105 cm³/mol. The van der Waals surface area contributed by atoms with Crippen LogP contribution in [-0.4, -0.2) is 57.1 Å². The van der Waals surface area contributed by atoms with Gasteiger partial charge in [0.05, 0.1) is 6.54 Å². The van der Waals surface area contributed by atoms with Gasteiger partial charge in [-0.25, -0.2) is 0 Å². The number of carbonyl (C=O) groups is 3. The highest BCUT2D eigenvalue weighted by atomic mass is 16.2. The minimum Gasteiger partial charge on any atom is -0.351 e. The molecule has 1 saturated carbocycles. The first-order valence-corrected chi connectivity index (χ1v) is 10.2. The van der Waals surface area contributed by atoms with E-state index in [0.29, 0.717) is 5.69 Å². The van der Waals surface area contributed by atoms with E-state index in [9.17, 15) is 14.4 Å². The molecule has 1 aromatic rings. The Morgan fingerprint density at radius 2 is 2.00 bits per heavy atom. The number of aromatic nitrogens is 2. The van der Waals surface area contributed by atoms with Gasteiger partial charge in [0.15, 0.2) is 5.69 Å². The van der Waals surface area contributed by atoms with Gasteiger partial charge in [0, 0.05) is 25.2 Å². The molecule has 3 amide bonds. The summed E-state index contributed by atoms with van der Waals surface area (Å²) in [4.78, 5) is 39.8. The van der Waals surface area contributed by atoms with E-state index >= 15 is 0 Å². The minimum atomic E-state index is -1.04. The van der Waals surface area contributed by atoms with Crippen LogP contribution in [0.25, 0.3) is 0 Å². The molecule has 8 nitrogen and oxygen atoms in total. The third-order valence-corrected chi connectivity index (χ3v) is 6.15. The van der Waals surface area contributed by atoms with Crippen molar-refractivity contribution in [3.05, 3.63) is 17.5 Å². The van der Waals surface area contributed by atoms with Gasteiger partial charge in [0.2, 0.25) is 5.91 Å². The van der Waals surface area contributed by atoms with Crippen LogP contribution in [0.4, 0.5) is 0 Å². The van der Waals surface area contributed by atoms with E-state index in [2.05, 4.69) is 15.7 Å². The molecule has 2 atom stereocenters. The van der Waals surface area contributed by atoms with Crippen LogP contribution in [0, 0.1) is 0 Å². The second-order valence-electron chi connectivity index (χ2n) is 8.30. The molecule has 1 aliphatic heterocycles. The van der Waals surface area contributed by atoms with Gasteiger partial charge < -0.3 is 15.5 Å². The van der Waals surface area contributed by atoms with Gasteiger partial charge in [-0.2, -0.15) is 5.10 Å². The lowest BCUT2D eigenvalue weighted by Gasteiger charge is -2.41. The molecule has 1 fully saturated rings. The highest BCUT2D eigenvalue weighted by molar-refractivity contribution is 6.01. The lowest BCUT2D eigenvalue weighted by Crippen LogP contribution is -2.63. The molecule has 2 N–H and O–H groups in total. The lowest BCUT2D eigenvalue weighted by molar-refractivity contribution is -0.133. The maximum atomic E-state index is 13.1. The number of nitrogens with zero attached hydrogens (tertiary/aromatic N) is 3. The average molecular weight is 390 g/mol. The molecular weight excluding hydrogens is 358 g/mol. The van der Waals surface area contributed by atoms with Crippen molar-refractivity contribution in [2.24, 2.45) is 0 Å². The van der Waals surface area contributed by atoms with Gasteiger partial charge >= 0.3 is 0 Å². The second-order valence-corrected chi connectivity index (χ2v) is 8.30.